The molecule has 2 N–H and O–H groups in total. The first-order valence-corrected chi connectivity index (χ1v) is 9.42. The summed E-state index contributed by atoms with van der Waals surface area (Å²) >= 11 is 0. The van der Waals surface area contributed by atoms with E-state index in [1.807, 2.05) is 12.1 Å². The fraction of sp³-hybridized carbons (Fsp3) is 0.412. The summed E-state index contributed by atoms with van der Waals surface area (Å²) in [4.78, 5) is 11.2. The van der Waals surface area contributed by atoms with E-state index >= 15 is 0 Å². The number of carboxylic acid groups (broad SMARTS) is 1. The van der Waals surface area contributed by atoms with Gasteiger partial charge in [-0.2, -0.15) is 5.10 Å². The Morgan fingerprint density at radius 1 is 1.24 bits per heavy atom. The van der Waals surface area contributed by atoms with Crippen molar-refractivity contribution in [3.05, 3.63) is 47.2 Å². The molecule has 0 radical (unpaired) electrons. The third kappa shape index (κ3) is 4.46. The average molecular weight is 365 g/mol. The molecule has 0 amide bonds. The summed E-state index contributed by atoms with van der Waals surface area (Å²) in [6, 6.07) is 6.44. The summed E-state index contributed by atoms with van der Waals surface area (Å²) in [7, 11) is -2.38. The van der Waals surface area contributed by atoms with Crippen molar-refractivity contribution in [1.29, 1.82) is 0 Å². The zero-order valence-corrected chi connectivity index (χ0v) is 15.5. The Labute approximate surface area is 147 Å². The first kappa shape index (κ1) is 19.1. The molecule has 0 aliphatic carbocycles. The molecule has 0 saturated heterocycles. The molecule has 7 nitrogen and oxygen atoms in total. The number of hydrogen-bond acceptors (Lipinski definition) is 4. The van der Waals surface area contributed by atoms with Crippen molar-refractivity contribution in [3.63, 3.8) is 0 Å². The fourth-order valence-electron chi connectivity index (χ4n) is 2.68. The van der Waals surface area contributed by atoms with Crippen LogP contribution < -0.4 is 4.72 Å². The lowest BCUT2D eigenvalue weighted by atomic mass is 9.98. The number of nitrogens with zero attached hydrogens (tertiary/aromatic N) is 2. The van der Waals surface area contributed by atoms with Crippen molar-refractivity contribution >= 4 is 16.0 Å². The van der Waals surface area contributed by atoms with Crippen molar-refractivity contribution < 1.29 is 18.3 Å². The number of sulfonamides is 1. The smallest absolute Gasteiger partial charge is 0.305 e. The highest BCUT2D eigenvalue weighted by Gasteiger charge is 2.27. The third-order valence-electron chi connectivity index (χ3n) is 3.99. The number of nitrogens with one attached hydrogen (secondary N) is 1. The number of aromatic nitrogens is 2. The number of rotatable bonds is 7. The predicted molar refractivity (Wildman–Crippen MR) is 93.8 cm³/mol. The minimum absolute atomic E-state index is 0.0293. The van der Waals surface area contributed by atoms with Crippen LogP contribution in [0.3, 0.4) is 0 Å². The Balaban J connectivity index is 2.36. The first-order valence-electron chi connectivity index (χ1n) is 7.94. The fourth-order valence-corrected chi connectivity index (χ4v) is 4.26. The van der Waals surface area contributed by atoms with Gasteiger partial charge in [0, 0.05) is 12.6 Å². The molecule has 2 rings (SSSR count). The van der Waals surface area contributed by atoms with E-state index in [2.05, 4.69) is 23.7 Å². The van der Waals surface area contributed by atoms with E-state index in [1.54, 1.807) is 19.1 Å². The summed E-state index contributed by atoms with van der Waals surface area (Å²) in [5.41, 5.74) is 2.21. The van der Waals surface area contributed by atoms with Crippen LogP contribution in [-0.4, -0.2) is 29.3 Å². The summed E-state index contributed by atoms with van der Waals surface area (Å²) in [6.45, 7) is 5.75. The quantitative estimate of drug-likeness (QED) is 0.784. The SMILES string of the molecule is Cc1cnn(C)c1S(=O)(=O)NC(CC(=O)O)c1ccc(C(C)C)cc1. The Kier molecular flexibility index (Phi) is 5.64. The van der Waals surface area contributed by atoms with Gasteiger partial charge in [0.15, 0.2) is 5.03 Å². The van der Waals surface area contributed by atoms with Crippen LogP contribution >= 0.6 is 0 Å². The molecule has 0 bridgehead atoms. The van der Waals surface area contributed by atoms with Gasteiger partial charge in [-0.1, -0.05) is 38.1 Å². The Morgan fingerprint density at radius 2 is 1.80 bits per heavy atom. The maximum Gasteiger partial charge on any atom is 0.305 e. The van der Waals surface area contributed by atoms with Gasteiger partial charge in [0.25, 0.3) is 10.0 Å². The molecule has 1 heterocycles. The first-order chi connectivity index (χ1) is 11.6. The summed E-state index contributed by atoms with van der Waals surface area (Å²) in [5.74, 6) is -0.747. The van der Waals surface area contributed by atoms with Crippen LogP contribution in [0.1, 0.15) is 48.9 Å². The molecule has 0 fully saturated rings. The van der Waals surface area contributed by atoms with Crippen LogP contribution in [0.4, 0.5) is 0 Å². The topological polar surface area (TPSA) is 101 Å². The highest BCUT2D eigenvalue weighted by molar-refractivity contribution is 7.89. The van der Waals surface area contributed by atoms with Gasteiger partial charge in [-0.25, -0.2) is 13.1 Å². The van der Waals surface area contributed by atoms with E-state index in [-0.39, 0.29) is 11.4 Å². The van der Waals surface area contributed by atoms with Crippen LogP contribution in [0.2, 0.25) is 0 Å². The van der Waals surface area contributed by atoms with Gasteiger partial charge < -0.3 is 5.11 Å². The summed E-state index contributed by atoms with van der Waals surface area (Å²) in [5, 5.41) is 13.1. The molecule has 8 heteroatoms. The second-order valence-corrected chi connectivity index (χ2v) is 7.98. The van der Waals surface area contributed by atoms with Crippen LogP contribution in [0, 0.1) is 6.92 Å². The number of aliphatic carboxylic acids is 1. The standard InChI is InChI=1S/C17H23N3O4S/c1-11(2)13-5-7-14(8-6-13)15(9-16(21)22)19-25(23,24)17-12(3)10-18-20(17)4/h5-8,10-11,15,19H,9H2,1-4H3,(H,21,22). The number of carboxylic acids is 1. The number of carbonyl (C=O) groups is 1. The van der Waals surface area contributed by atoms with Crippen molar-refractivity contribution in [1.82, 2.24) is 14.5 Å². The molecule has 1 atom stereocenters. The Morgan fingerprint density at radius 3 is 2.24 bits per heavy atom. The second kappa shape index (κ2) is 7.37. The van der Waals surface area contributed by atoms with Gasteiger partial charge in [0.05, 0.1) is 18.7 Å². The lowest BCUT2D eigenvalue weighted by molar-refractivity contribution is -0.137. The predicted octanol–water partition coefficient (Wildman–Crippen LogP) is 2.35. The molecular formula is C17H23N3O4S. The van der Waals surface area contributed by atoms with E-state index in [0.29, 0.717) is 17.0 Å². The van der Waals surface area contributed by atoms with E-state index in [1.165, 1.54) is 17.9 Å². The second-order valence-electron chi connectivity index (χ2n) is 6.35. The molecule has 1 aromatic heterocycles. The number of hydrogen-bond donors (Lipinski definition) is 2. The zero-order valence-electron chi connectivity index (χ0n) is 14.7. The highest BCUT2D eigenvalue weighted by Crippen LogP contribution is 2.24. The van der Waals surface area contributed by atoms with Gasteiger partial charge in [-0.3, -0.25) is 9.48 Å². The Hall–Kier alpha value is -2.19. The third-order valence-corrected chi connectivity index (χ3v) is 5.68. The van der Waals surface area contributed by atoms with E-state index in [0.717, 1.165) is 5.56 Å². The molecule has 0 aliphatic heterocycles. The summed E-state index contributed by atoms with van der Waals surface area (Å²) < 4.78 is 29.2. The minimum Gasteiger partial charge on any atom is -0.481 e. The lowest BCUT2D eigenvalue weighted by Gasteiger charge is -2.19. The molecule has 2 aromatic rings. The van der Waals surface area contributed by atoms with Crippen molar-refractivity contribution in [2.45, 2.75) is 44.2 Å². The lowest BCUT2D eigenvalue weighted by Crippen LogP contribution is -2.32. The molecule has 1 aromatic carbocycles. The van der Waals surface area contributed by atoms with Crippen molar-refractivity contribution in [3.8, 4) is 0 Å². The van der Waals surface area contributed by atoms with Gasteiger partial charge >= 0.3 is 5.97 Å². The molecule has 1 unspecified atom stereocenters. The van der Waals surface area contributed by atoms with E-state index < -0.39 is 22.0 Å². The van der Waals surface area contributed by atoms with Crippen LogP contribution in [0.15, 0.2) is 35.5 Å². The zero-order chi connectivity index (χ0) is 18.8. The van der Waals surface area contributed by atoms with Gasteiger partial charge in [0.2, 0.25) is 0 Å². The van der Waals surface area contributed by atoms with Crippen molar-refractivity contribution in [2.75, 3.05) is 0 Å². The Bertz CT molecular complexity index is 835. The number of benzene rings is 1. The largest absolute Gasteiger partial charge is 0.481 e. The van der Waals surface area contributed by atoms with Crippen LogP contribution in [0.5, 0.6) is 0 Å². The van der Waals surface area contributed by atoms with Crippen LogP contribution in [0.25, 0.3) is 0 Å². The number of aryl methyl sites for hydroxylation is 2. The van der Waals surface area contributed by atoms with Gasteiger partial charge in [0.1, 0.15) is 0 Å². The highest BCUT2D eigenvalue weighted by atomic mass is 32.2. The molecule has 25 heavy (non-hydrogen) atoms. The minimum atomic E-state index is -3.91. The molecule has 0 aliphatic rings. The normalized spacial score (nSPS) is 13.2. The molecular weight excluding hydrogens is 342 g/mol. The van der Waals surface area contributed by atoms with Crippen molar-refractivity contribution in [2.24, 2.45) is 7.05 Å². The maximum atomic E-state index is 12.7. The molecule has 136 valence electrons. The summed E-state index contributed by atoms with van der Waals surface area (Å²) in [6.07, 6.45) is 1.11. The van der Waals surface area contributed by atoms with Crippen LogP contribution in [-0.2, 0) is 21.9 Å². The van der Waals surface area contributed by atoms with Gasteiger partial charge in [-0.05, 0) is 24.0 Å². The average Bonchev–Trinajstić information content (AvgIpc) is 2.85. The molecule has 0 saturated carbocycles. The van der Waals surface area contributed by atoms with Gasteiger partial charge in [-0.15, -0.1) is 0 Å². The maximum absolute atomic E-state index is 12.7. The van der Waals surface area contributed by atoms with E-state index in [9.17, 15) is 18.3 Å². The molecule has 0 spiro atoms. The monoisotopic (exact) mass is 365 g/mol. The van der Waals surface area contributed by atoms with E-state index in [4.69, 9.17) is 0 Å².